The molecule has 0 bridgehead atoms. The highest BCUT2D eigenvalue weighted by atomic mass is 16.1. The fourth-order valence-electron chi connectivity index (χ4n) is 6.26. The lowest BCUT2D eigenvalue weighted by molar-refractivity contribution is 0.0988. The molecular weight excluding hydrogens is 530 g/mol. The van der Waals surface area contributed by atoms with Gasteiger partial charge in [-0.25, -0.2) is 0 Å². The van der Waals surface area contributed by atoms with Crippen molar-refractivity contribution in [3.05, 3.63) is 154 Å². The molecule has 0 unspecified atom stereocenters. The molecule has 0 N–H and O–H groups in total. The Morgan fingerprint density at radius 1 is 0.535 bits per heavy atom. The van der Waals surface area contributed by atoms with E-state index in [9.17, 15) is 14.4 Å². The number of nitrogens with zero attached hydrogens (tertiary/aromatic N) is 1. The molecule has 1 aliphatic carbocycles. The predicted molar refractivity (Wildman–Crippen MR) is 171 cm³/mol. The number of carbonyl (C=O) groups is 3. The number of rotatable bonds is 8. The van der Waals surface area contributed by atoms with Crippen LogP contribution in [-0.4, -0.2) is 21.9 Å². The summed E-state index contributed by atoms with van der Waals surface area (Å²) in [5.41, 5.74) is 5.74. The summed E-state index contributed by atoms with van der Waals surface area (Å²) in [5.74, 6) is -0.825. The molecule has 1 aromatic heterocycles. The highest BCUT2D eigenvalue weighted by Gasteiger charge is 2.38. The highest BCUT2D eigenvalue weighted by Crippen LogP contribution is 2.42. The molecule has 0 saturated heterocycles. The van der Waals surface area contributed by atoms with Gasteiger partial charge >= 0.3 is 0 Å². The average molecular weight is 566 g/mol. The van der Waals surface area contributed by atoms with Crippen molar-refractivity contribution >= 4 is 17.3 Å². The van der Waals surface area contributed by atoms with Crippen molar-refractivity contribution < 1.29 is 14.4 Å². The molecule has 0 radical (unpaired) electrons. The van der Waals surface area contributed by atoms with E-state index in [2.05, 4.69) is 4.57 Å². The smallest absolute Gasteiger partial charge is 0.210 e. The Labute approximate surface area is 253 Å². The van der Waals surface area contributed by atoms with Crippen molar-refractivity contribution in [2.24, 2.45) is 0 Å². The van der Waals surface area contributed by atoms with E-state index in [1.807, 2.05) is 98.8 Å². The van der Waals surface area contributed by atoms with E-state index in [1.54, 1.807) is 24.3 Å². The first kappa shape index (κ1) is 28.3. The maximum absolute atomic E-state index is 14.7. The molecule has 0 atom stereocenters. The van der Waals surface area contributed by atoms with E-state index >= 15 is 0 Å². The van der Waals surface area contributed by atoms with E-state index < -0.39 is 0 Å². The lowest BCUT2D eigenvalue weighted by Crippen LogP contribution is -2.21. The second-order valence-electron chi connectivity index (χ2n) is 11.6. The summed E-state index contributed by atoms with van der Waals surface area (Å²) >= 11 is 0. The van der Waals surface area contributed by atoms with Crippen LogP contribution >= 0.6 is 0 Å². The van der Waals surface area contributed by atoms with Crippen LogP contribution in [0.2, 0.25) is 0 Å². The Bertz CT molecular complexity index is 1770. The van der Waals surface area contributed by atoms with Crippen molar-refractivity contribution in [1.82, 2.24) is 4.57 Å². The van der Waals surface area contributed by atoms with E-state index in [0.29, 0.717) is 33.6 Å². The maximum atomic E-state index is 14.7. The minimum Gasteiger partial charge on any atom is -0.333 e. The average Bonchev–Trinajstić information content (AvgIpc) is 3.42. The molecule has 4 aromatic carbocycles. The molecule has 4 heteroatoms. The summed E-state index contributed by atoms with van der Waals surface area (Å²) in [6.07, 6.45) is 4.93. The molecule has 6 rings (SSSR count). The molecular formula is C39H35NO3. The Kier molecular flexibility index (Phi) is 8.02. The van der Waals surface area contributed by atoms with Crippen LogP contribution in [0.15, 0.2) is 109 Å². The first-order valence-electron chi connectivity index (χ1n) is 15.1. The summed E-state index contributed by atoms with van der Waals surface area (Å²) < 4.78 is 2.06. The van der Waals surface area contributed by atoms with Gasteiger partial charge in [-0.1, -0.05) is 140 Å². The quantitative estimate of drug-likeness (QED) is 0.176. The van der Waals surface area contributed by atoms with Crippen molar-refractivity contribution in [2.45, 2.75) is 52.0 Å². The Morgan fingerprint density at radius 3 is 1.53 bits per heavy atom. The third-order valence-electron chi connectivity index (χ3n) is 8.53. The normalized spacial score (nSPS) is 13.5. The van der Waals surface area contributed by atoms with Crippen LogP contribution in [0, 0.1) is 13.8 Å². The topological polar surface area (TPSA) is 56.1 Å². The van der Waals surface area contributed by atoms with E-state index in [1.165, 1.54) is 0 Å². The Hall–Kier alpha value is -4.83. The molecule has 0 aliphatic heterocycles. The van der Waals surface area contributed by atoms with Gasteiger partial charge in [0.15, 0.2) is 11.6 Å². The van der Waals surface area contributed by atoms with Crippen LogP contribution in [0.4, 0.5) is 0 Å². The SMILES string of the molecule is Cc1ccc(C(=O)c2c(C(=O)c3ccc(C)cc3)c(-c3ccccc3)n(C3CCCCC3)c2C(=O)c2ccccc2)cc1. The number of aromatic nitrogens is 1. The summed E-state index contributed by atoms with van der Waals surface area (Å²) in [6.45, 7) is 3.95. The largest absolute Gasteiger partial charge is 0.333 e. The molecule has 1 saturated carbocycles. The van der Waals surface area contributed by atoms with Crippen LogP contribution in [0.1, 0.15) is 97.2 Å². The first-order chi connectivity index (χ1) is 20.9. The van der Waals surface area contributed by atoms with Crippen molar-refractivity contribution in [1.29, 1.82) is 0 Å². The summed E-state index contributed by atoms with van der Waals surface area (Å²) in [7, 11) is 0. The standard InChI is InChI=1S/C39H35NO3/c1-26-18-22-30(23-19-26)37(41)33-34(38(42)31-24-20-27(2)21-25-31)36(39(43)29-14-8-4-9-15-29)40(32-16-10-5-11-17-32)35(33)28-12-6-3-7-13-28/h3-4,6-9,12-15,18-25,32H,5,10-11,16-17H2,1-2H3. The number of benzene rings is 4. The number of carbonyl (C=O) groups excluding carboxylic acids is 3. The van der Waals surface area contributed by atoms with Gasteiger partial charge < -0.3 is 4.57 Å². The second-order valence-corrected chi connectivity index (χ2v) is 11.6. The van der Waals surface area contributed by atoms with E-state index in [-0.39, 0.29) is 29.0 Å². The second kappa shape index (κ2) is 12.2. The van der Waals surface area contributed by atoms with Crippen molar-refractivity contribution in [3.8, 4) is 11.3 Å². The minimum absolute atomic E-state index is 0.0178. The van der Waals surface area contributed by atoms with Crippen molar-refractivity contribution in [3.63, 3.8) is 0 Å². The number of hydrogen-bond donors (Lipinski definition) is 0. The van der Waals surface area contributed by atoms with Gasteiger partial charge in [-0.15, -0.1) is 0 Å². The molecule has 0 amide bonds. The van der Waals surface area contributed by atoms with Crippen LogP contribution in [0.25, 0.3) is 11.3 Å². The number of aryl methyl sites for hydroxylation is 2. The Balaban J connectivity index is 1.74. The first-order valence-corrected chi connectivity index (χ1v) is 15.1. The third-order valence-corrected chi connectivity index (χ3v) is 8.53. The van der Waals surface area contributed by atoms with Crippen LogP contribution in [-0.2, 0) is 0 Å². The minimum atomic E-state index is -0.318. The maximum Gasteiger partial charge on any atom is 0.210 e. The fraction of sp³-hybridized carbons (Fsp3) is 0.205. The fourth-order valence-corrected chi connectivity index (χ4v) is 6.26. The van der Waals surface area contributed by atoms with Crippen LogP contribution in [0.5, 0.6) is 0 Å². The summed E-state index contributed by atoms with van der Waals surface area (Å²) in [5, 5.41) is 0. The summed E-state index contributed by atoms with van der Waals surface area (Å²) in [4.78, 5) is 44.0. The van der Waals surface area contributed by atoms with Gasteiger partial charge in [0.2, 0.25) is 5.78 Å². The molecule has 1 heterocycles. The zero-order valence-electron chi connectivity index (χ0n) is 24.7. The molecule has 1 fully saturated rings. The molecule has 4 nitrogen and oxygen atoms in total. The molecule has 5 aromatic rings. The molecule has 1 aliphatic rings. The van der Waals surface area contributed by atoms with Gasteiger partial charge in [-0.05, 0) is 32.3 Å². The number of ketones is 3. The monoisotopic (exact) mass is 565 g/mol. The predicted octanol–water partition coefficient (Wildman–Crippen LogP) is 8.97. The van der Waals surface area contributed by atoms with Gasteiger partial charge in [0.05, 0.1) is 16.8 Å². The van der Waals surface area contributed by atoms with Gasteiger partial charge in [0, 0.05) is 22.7 Å². The lowest BCUT2D eigenvalue weighted by atomic mass is 9.90. The van der Waals surface area contributed by atoms with E-state index in [0.717, 1.165) is 48.8 Å². The van der Waals surface area contributed by atoms with Crippen molar-refractivity contribution in [2.75, 3.05) is 0 Å². The number of hydrogen-bond acceptors (Lipinski definition) is 3. The molecule has 43 heavy (non-hydrogen) atoms. The van der Waals surface area contributed by atoms with Gasteiger partial charge in [0.25, 0.3) is 0 Å². The third kappa shape index (κ3) is 5.53. The van der Waals surface area contributed by atoms with Gasteiger partial charge in [0.1, 0.15) is 5.69 Å². The van der Waals surface area contributed by atoms with Crippen LogP contribution < -0.4 is 0 Å². The van der Waals surface area contributed by atoms with Gasteiger partial charge in [-0.3, -0.25) is 14.4 Å². The Morgan fingerprint density at radius 2 is 1.00 bits per heavy atom. The lowest BCUT2D eigenvalue weighted by Gasteiger charge is -2.28. The van der Waals surface area contributed by atoms with E-state index in [4.69, 9.17) is 0 Å². The molecule has 214 valence electrons. The zero-order valence-corrected chi connectivity index (χ0v) is 24.7. The van der Waals surface area contributed by atoms with Crippen LogP contribution in [0.3, 0.4) is 0 Å². The van der Waals surface area contributed by atoms with Gasteiger partial charge in [-0.2, -0.15) is 0 Å². The highest BCUT2D eigenvalue weighted by molar-refractivity contribution is 6.27. The summed E-state index contributed by atoms with van der Waals surface area (Å²) in [6, 6.07) is 33.6. The zero-order chi connectivity index (χ0) is 29.9. The molecule has 0 spiro atoms.